The van der Waals surface area contributed by atoms with E-state index in [0.717, 1.165) is 36.2 Å². The average molecular weight is 245 g/mol. The number of methoxy groups -OCH3 is 1. The van der Waals surface area contributed by atoms with Crippen LogP contribution in [-0.2, 0) is 0 Å². The highest BCUT2D eigenvalue weighted by atomic mass is 16.5. The second kappa shape index (κ2) is 4.42. The number of hydrogen-bond donors (Lipinski definition) is 2. The normalized spacial score (nSPS) is 19.3. The number of benzene rings is 1. The molecule has 1 fully saturated rings. The smallest absolute Gasteiger partial charge is 0.345 e. The molecule has 0 radical (unpaired) electrons. The first-order valence-electron chi connectivity index (χ1n) is 6.09. The predicted octanol–water partition coefficient (Wildman–Crippen LogP) is 1.36. The lowest BCUT2D eigenvalue weighted by Crippen LogP contribution is -2.20. The van der Waals surface area contributed by atoms with Crippen LogP contribution in [0.15, 0.2) is 23.0 Å². The van der Waals surface area contributed by atoms with Crippen LogP contribution < -0.4 is 15.7 Å². The second-order valence-electron chi connectivity index (χ2n) is 4.49. The quantitative estimate of drug-likeness (QED) is 0.838. The Morgan fingerprint density at radius 2 is 2.33 bits per heavy atom. The van der Waals surface area contributed by atoms with E-state index in [4.69, 9.17) is 4.74 Å². The molecule has 1 unspecified atom stereocenters. The number of nitrogens with one attached hydrogen (secondary N) is 2. The molecule has 5 heteroatoms. The summed E-state index contributed by atoms with van der Waals surface area (Å²) in [7, 11) is 1.63. The molecule has 0 saturated carbocycles. The summed E-state index contributed by atoms with van der Waals surface area (Å²) in [6, 6.07) is 5.77. The number of fused-ring (bicyclic) bond motifs is 1. The third kappa shape index (κ3) is 1.86. The summed E-state index contributed by atoms with van der Waals surface area (Å²) >= 11 is 0. The minimum atomic E-state index is -0.295. The Kier molecular flexibility index (Phi) is 2.76. The zero-order chi connectivity index (χ0) is 12.5. The molecule has 3 rings (SSSR count). The van der Waals surface area contributed by atoms with Gasteiger partial charge < -0.3 is 15.0 Å². The van der Waals surface area contributed by atoms with Crippen molar-refractivity contribution >= 4 is 10.9 Å². The minimum absolute atomic E-state index is 0.204. The first kappa shape index (κ1) is 11.2. The Morgan fingerprint density at radius 3 is 3.06 bits per heavy atom. The molecule has 5 nitrogen and oxygen atoms in total. The van der Waals surface area contributed by atoms with E-state index in [0.29, 0.717) is 5.52 Å². The molecule has 0 bridgehead atoms. The zero-order valence-electron chi connectivity index (χ0n) is 10.2. The van der Waals surface area contributed by atoms with Crippen molar-refractivity contribution in [2.24, 2.45) is 0 Å². The number of rotatable bonds is 2. The summed E-state index contributed by atoms with van der Waals surface area (Å²) in [5, 5.41) is 4.34. The van der Waals surface area contributed by atoms with E-state index < -0.39 is 0 Å². The highest BCUT2D eigenvalue weighted by Crippen LogP contribution is 2.28. The molecule has 2 N–H and O–H groups in total. The summed E-state index contributed by atoms with van der Waals surface area (Å²) in [5.41, 5.74) is 1.33. The highest BCUT2D eigenvalue weighted by Gasteiger charge is 2.20. The summed E-state index contributed by atoms with van der Waals surface area (Å²) in [6.45, 7) is 0.987. The number of H-pyrrole nitrogens is 1. The number of nitrogens with zero attached hydrogens (tertiary/aromatic N) is 1. The van der Waals surface area contributed by atoms with Gasteiger partial charge >= 0.3 is 5.69 Å². The van der Waals surface area contributed by atoms with E-state index in [9.17, 15) is 4.79 Å². The molecule has 1 atom stereocenters. The first-order chi connectivity index (χ1) is 8.78. The van der Waals surface area contributed by atoms with Crippen molar-refractivity contribution in [2.75, 3.05) is 13.7 Å². The van der Waals surface area contributed by atoms with Crippen LogP contribution in [0.4, 0.5) is 0 Å². The van der Waals surface area contributed by atoms with E-state index in [1.165, 1.54) is 0 Å². The van der Waals surface area contributed by atoms with Gasteiger partial charge in [-0.05, 0) is 37.6 Å². The molecule has 1 saturated heterocycles. The lowest BCUT2D eigenvalue weighted by atomic mass is 10.1. The van der Waals surface area contributed by atoms with Crippen molar-refractivity contribution < 1.29 is 4.74 Å². The first-order valence-corrected chi connectivity index (χ1v) is 6.09. The van der Waals surface area contributed by atoms with Crippen LogP contribution >= 0.6 is 0 Å². The summed E-state index contributed by atoms with van der Waals surface area (Å²) in [5.74, 6) is 0.774. The Labute approximate surface area is 104 Å². The molecule has 1 aromatic carbocycles. The van der Waals surface area contributed by atoms with E-state index in [2.05, 4.69) is 15.3 Å². The van der Waals surface area contributed by atoms with Crippen LogP contribution in [0.1, 0.15) is 24.6 Å². The van der Waals surface area contributed by atoms with E-state index in [-0.39, 0.29) is 11.7 Å². The molecule has 1 aliphatic heterocycles. The van der Waals surface area contributed by atoms with Gasteiger partial charge in [-0.25, -0.2) is 4.79 Å². The standard InChI is InChI=1S/C13H15N3O2/c1-18-8-4-5-10-9(7-8)12(16-13(17)15-10)11-3-2-6-14-11/h4-5,7,11,14H,2-3,6H2,1H3,(H,15,16,17). The number of aromatic nitrogens is 2. The second-order valence-corrected chi connectivity index (χ2v) is 4.49. The van der Waals surface area contributed by atoms with Crippen molar-refractivity contribution in [2.45, 2.75) is 18.9 Å². The molecular weight excluding hydrogens is 230 g/mol. The van der Waals surface area contributed by atoms with Gasteiger partial charge in [0.05, 0.1) is 12.6 Å². The Balaban J connectivity index is 2.23. The van der Waals surface area contributed by atoms with Gasteiger partial charge in [-0.1, -0.05) is 0 Å². The molecule has 94 valence electrons. The van der Waals surface area contributed by atoms with Crippen LogP contribution in [-0.4, -0.2) is 23.6 Å². The summed E-state index contributed by atoms with van der Waals surface area (Å²) in [6.07, 6.45) is 2.16. The molecule has 2 aromatic rings. The van der Waals surface area contributed by atoms with Gasteiger partial charge in [-0.15, -0.1) is 0 Å². The minimum Gasteiger partial charge on any atom is -0.497 e. The molecule has 1 aliphatic rings. The van der Waals surface area contributed by atoms with Crippen LogP contribution in [0.2, 0.25) is 0 Å². The number of hydrogen-bond acceptors (Lipinski definition) is 4. The third-order valence-electron chi connectivity index (χ3n) is 3.37. The molecular formula is C13H15N3O2. The maximum Gasteiger partial charge on any atom is 0.345 e. The molecule has 0 spiro atoms. The van der Waals surface area contributed by atoms with Crippen molar-refractivity contribution in [3.63, 3.8) is 0 Å². The molecule has 0 amide bonds. The third-order valence-corrected chi connectivity index (χ3v) is 3.37. The largest absolute Gasteiger partial charge is 0.497 e. The van der Waals surface area contributed by atoms with Gasteiger partial charge in [0.25, 0.3) is 0 Å². The van der Waals surface area contributed by atoms with Gasteiger partial charge in [0.2, 0.25) is 0 Å². The SMILES string of the molecule is COc1ccc2nc(=O)[nH]c(C3CCCN3)c2c1. The summed E-state index contributed by atoms with van der Waals surface area (Å²) < 4.78 is 5.23. The van der Waals surface area contributed by atoms with Crippen molar-refractivity contribution in [1.82, 2.24) is 15.3 Å². The van der Waals surface area contributed by atoms with E-state index in [1.54, 1.807) is 7.11 Å². The average Bonchev–Trinajstić information content (AvgIpc) is 2.91. The van der Waals surface area contributed by atoms with Crippen molar-refractivity contribution in [1.29, 1.82) is 0 Å². The lowest BCUT2D eigenvalue weighted by Gasteiger charge is -2.13. The van der Waals surface area contributed by atoms with Gasteiger partial charge in [0.15, 0.2) is 0 Å². The van der Waals surface area contributed by atoms with Gasteiger partial charge in [-0.2, -0.15) is 4.98 Å². The van der Waals surface area contributed by atoms with Gasteiger partial charge in [0, 0.05) is 17.1 Å². The zero-order valence-corrected chi connectivity index (χ0v) is 10.2. The Bertz CT molecular complexity index is 630. The fourth-order valence-electron chi connectivity index (χ4n) is 2.48. The van der Waals surface area contributed by atoms with Gasteiger partial charge in [0.1, 0.15) is 5.75 Å². The molecule has 18 heavy (non-hydrogen) atoms. The van der Waals surface area contributed by atoms with Crippen LogP contribution in [0, 0.1) is 0 Å². The summed E-state index contributed by atoms with van der Waals surface area (Å²) in [4.78, 5) is 18.4. The number of ether oxygens (including phenoxy) is 1. The van der Waals surface area contributed by atoms with Crippen LogP contribution in [0.25, 0.3) is 10.9 Å². The predicted molar refractivity (Wildman–Crippen MR) is 68.9 cm³/mol. The lowest BCUT2D eigenvalue weighted by molar-refractivity contribution is 0.415. The van der Waals surface area contributed by atoms with Gasteiger partial charge in [-0.3, -0.25) is 0 Å². The van der Waals surface area contributed by atoms with Crippen molar-refractivity contribution in [3.05, 3.63) is 34.4 Å². The van der Waals surface area contributed by atoms with E-state index in [1.807, 2.05) is 18.2 Å². The maximum atomic E-state index is 11.6. The van der Waals surface area contributed by atoms with E-state index >= 15 is 0 Å². The monoisotopic (exact) mass is 245 g/mol. The Hall–Kier alpha value is -1.88. The molecule has 2 heterocycles. The Morgan fingerprint density at radius 1 is 1.44 bits per heavy atom. The van der Waals surface area contributed by atoms with Crippen LogP contribution in [0.3, 0.4) is 0 Å². The fraction of sp³-hybridized carbons (Fsp3) is 0.385. The fourth-order valence-corrected chi connectivity index (χ4v) is 2.48. The molecule has 1 aromatic heterocycles. The molecule has 0 aliphatic carbocycles. The number of aromatic amines is 1. The topological polar surface area (TPSA) is 67.0 Å². The maximum absolute atomic E-state index is 11.6. The van der Waals surface area contributed by atoms with Crippen molar-refractivity contribution in [3.8, 4) is 5.75 Å². The van der Waals surface area contributed by atoms with Crippen LogP contribution in [0.5, 0.6) is 5.75 Å². The highest BCUT2D eigenvalue weighted by molar-refractivity contribution is 5.82.